The van der Waals surface area contributed by atoms with Crippen molar-refractivity contribution >= 4 is 0 Å². The summed E-state index contributed by atoms with van der Waals surface area (Å²) in [5.74, 6) is 4.11. The third kappa shape index (κ3) is 3.10. The molecule has 0 spiro atoms. The molecule has 3 rings (SSSR count). The first-order valence-electron chi connectivity index (χ1n) is 8.58. The number of nitrogens with one attached hydrogen (secondary N) is 1. The van der Waals surface area contributed by atoms with Gasteiger partial charge in [0.2, 0.25) is 0 Å². The van der Waals surface area contributed by atoms with Gasteiger partial charge in [0.15, 0.2) is 0 Å². The van der Waals surface area contributed by atoms with E-state index < -0.39 is 0 Å². The molecule has 18 heavy (non-hydrogen) atoms. The van der Waals surface area contributed by atoms with E-state index in [1.54, 1.807) is 0 Å². The molecular weight excluding hydrogens is 218 g/mol. The largest absolute Gasteiger partial charge is 0.313 e. The maximum Gasteiger partial charge on any atom is 0.00980 e. The molecule has 1 nitrogen and oxygen atoms in total. The van der Waals surface area contributed by atoms with Gasteiger partial charge in [0.05, 0.1) is 0 Å². The van der Waals surface area contributed by atoms with E-state index in [0.29, 0.717) is 0 Å². The van der Waals surface area contributed by atoms with Gasteiger partial charge in [-0.15, -0.1) is 0 Å². The molecule has 0 bridgehead atoms. The highest BCUT2D eigenvalue weighted by Crippen LogP contribution is 2.40. The number of hydrogen-bond acceptors (Lipinski definition) is 1. The first-order chi connectivity index (χ1) is 8.84. The second-order valence-electron chi connectivity index (χ2n) is 7.33. The molecular formula is C17H31N. The Labute approximate surface area is 113 Å². The van der Waals surface area contributed by atoms with E-state index >= 15 is 0 Å². The molecule has 104 valence electrons. The fraction of sp³-hybridized carbons (Fsp3) is 1.00. The van der Waals surface area contributed by atoms with Gasteiger partial charge in [0.1, 0.15) is 0 Å². The highest BCUT2D eigenvalue weighted by molar-refractivity contribution is 4.90. The van der Waals surface area contributed by atoms with Crippen LogP contribution < -0.4 is 5.32 Å². The Bertz CT molecular complexity index is 256. The smallest absolute Gasteiger partial charge is 0.00980 e. The van der Waals surface area contributed by atoms with E-state index in [9.17, 15) is 0 Å². The Morgan fingerprint density at radius 2 is 1.56 bits per heavy atom. The minimum absolute atomic E-state index is 0.870. The van der Waals surface area contributed by atoms with Crippen LogP contribution in [0.4, 0.5) is 0 Å². The molecule has 3 saturated carbocycles. The van der Waals surface area contributed by atoms with Crippen molar-refractivity contribution < 1.29 is 0 Å². The molecule has 1 heteroatoms. The molecule has 0 radical (unpaired) electrons. The first-order valence-corrected chi connectivity index (χ1v) is 8.58. The maximum absolute atomic E-state index is 3.96. The Morgan fingerprint density at radius 1 is 0.889 bits per heavy atom. The van der Waals surface area contributed by atoms with Crippen LogP contribution in [0.15, 0.2) is 0 Å². The lowest BCUT2D eigenvalue weighted by Gasteiger charge is -2.39. The predicted molar refractivity (Wildman–Crippen MR) is 77.6 cm³/mol. The number of rotatable bonds is 4. The predicted octanol–water partition coefficient (Wildman–Crippen LogP) is 4.37. The molecule has 0 aromatic rings. The number of hydrogen-bond donors (Lipinski definition) is 1. The molecule has 0 heterocycles. The zero-order chi connectivity index (χ0) is 12.4. The normalized spacial score (nSPS) is 41.8. The van der Waals surface area contributed by atoms with Crippen LogP contribution in [0.3, 0.4) is 0 Å². The molecule has 0 saturated heterocycles. The van der Waals surface area contributed by atoms with Gasteiger partial charge in [-0.05, 0) is 49.5 Å². The highest BCUT2D eigenvalue weighted by atomic mass is 14.9. The lowest BCUT2D eigenvalue weighted by Crippen LogP contribution is -2.43. The zero-order valence-electron chi connectivity index (χ0n) is 12.2. The third-order valence-electron chi connectivity index (χ3n) is 5.99. The van der Waals surface area contributed by atoms with E-state index in [1.165, 1.54) is 70.8 Å². The van der Waals surface area contributed by atoms with Crippen molar-refractivity contribution in [2.24, 2.45) is 23.7 Å². The second-order valence-corrected chi connectivity index (χ2v) is 7.33. The molecule has 0 aromatic carbocycles. The monoisotopic (exact) mass is 249 g/mol. The fourth-order valence-corrected chi connectivity index (χ4v) is 4.53. The minimum atomic E-state index is 0.870. The average molecular weight is 249 g/mol. The summed E-state index contributed by atoms with van der Waals surface area (Å²) in [6.45, 7) is 3.72. The van der Waals surface area contributed by atoms with Crippen molar-refractivity contribution in [3.63, 3.8) is 0 Å². The van der Waals surface area contributed by atoms with Crippen LogP contribution in [-0.2, 0) is 0 Å². The van der Waals surface area contributed by atoms with Gasteiger partial charge >= 0.3 is 0 Å². The van der Waals surface area contributed by atoms with E-state index in [-0.39, 0.29) is 0 Å². The molecule has 3 aliphatic carbocycles. The van der Waals surface area contributed by atoms with E-state index in [4.69, 9.17) is 0 Å². The van der Waals surface area contributed by atoms with E-state index in [0.717, 1.165) is 29.7 Å². The summed E-state index contributed by atoms with van der Waals surface area (Å²) in [4.78, 5) is 0. The van der Waals surface area contributed by atoms with Crippen molar-refractivity contribution in [1.82, 2.24) is 5.32 Å². The lowest BCUT2D eigenvalue weighted by molar-refractivity contribution is 0.149. The summed E-state index contributed by atoms with van der Waals surface area (Å²) in [6, 6.07) is 0.870. The van der Waals surface area contributed by atoms with E-state index in [1.807, 2.05) is 0 Å². The average Bonchev–Trinajstić information content (AvgIpc) is 3.14. The van der Waals surface area contributed by atoms with Crippen LogP contribution in [0.5, 0.6) is 0 Å². The minimum Gasteiger partial charge on any atom is -0.313 e. The fourth-order valence-electron chi connectivity index (χ4n) is 4.53. The SMILES string of the molecule is CC1CC1CNC1CCCCC1C1CCCCC1. The lowest BCUT2D eigenvalue weighted by atomic mass is 9.71. The standard InChI is InChI=1S/C17H31N/c1-13-11-15(13)12-18-17-10-6-5-9-16(17)14-7-3-2-4-8-14/h13-18H,2-12H2,1H3. The summed E-state index contributed by atoms with van der Waals surface area (Å²) in [5, 5.41) is 3.96. The maximum atomic E-state index is 3.96. The summed E-state index contributed by atoms with van der Waals surface area (Å²) in [5.41, 5.74) is 0. The Balaban J connectivity index is 1.51. The summed E-state index contributed by atoms with van der Waals surface area (Å²) in [7, 11) is 0. The van der Waals surface area contributed by atoms with Crippen LogP contribution in [0.1, 0.15) is 71.1 Å². The quantitative estimate of drug-likeness (QED) is 0.780. The topological polar surface area (TPSA) is 12.0 Å². The van der Waals surface area contributed by atoms with Gasteiger partial charge in [-0.3, -0.25) is 0 Å². The van der Waals surface area contributed by atoms with Crippen molar-refractivity contribution in [2.75, 3.05) is 6.54 Å². The van der Waals surface area contributed by atoms with Gasteiger partial charge < -0.3 is 5.32 Å². The van der Waals surface area contributed by atoms with Gasteiger partial charge in [-0.25, -0.2) is 0 Å². The molecule has 0 amide bonds. The molecule has 3 aliphatic rings. The second kappa shape index (κ2) is 5.94. The zero-order valence-corrected chi connectivity index (χ0v) is 12.2. The van der Waals surface area contributed by atoms with Crippen molar-refractivity contribution in [1.29, 1.82) is 0 Å². The van der Waals surface area contributed by atoms with Crippen LogP contribution >= 0.6 is 0 Å². The van der Waals surface area contributed by atoms with Crippen LogP contribution in [0, 0.1) is 23.7 Å². The van der Waals surface area contributed by atoms with Crippen LogP contribution in [0.25, 0.3) is 0 Å². The summed E-state index contributed by atoms with van der Waals surface area (Å²) < 4.78 is 0. The van der Waals surface area contributed by atoms with Gasteiger partial charge in [-0.1, -0.05) is 51.9 Å². The highest BCUT2D eigenvalue weighted by Gasteiger charge is 2.36. The van der Waals surface area contributed by atoms with Gasteiger partial charge in [0.25, 0.3) is 0 Å². The molecule has 0 aromatic heterocycles. The van der Waals surface area contributed by atoms with Gasteiger partial charge in [0, 0.05) is 6.04 Å². The molecule has 4 atom stereocenters. The summed E-state index contributed by atoms with van der Waals surface area (Å²) >= 11 is 0. The molecule has 0 aliphatic heterocycles. The summed E-state index contributed by atoms with van der Waals surface area (Å²) in [6.07, 6.45) is 15.0. The van der Waals surface area contributed by atoms with Crippen LogP contribution in [0.2, 0.25) is 0 Å². The van der Waals surface area contributed by atoms with E-state index in [2.05, 4.69) is 12.2 Å². The van der Waals surface area contributed by atoms with Crippen LogP contribution in [-0.4, -0.2) is 12.6 Å². The Morgan fingerprint density at radius 3 is 2.28 bits per heavy atom. The molecule has 3 fully saturated rings. The van der Waals surface area contributed by atoms with Crippen molar-refractivity contribution in [2.45, 2.75) is 77.2 Å². The van der Waals surface area contributed by atoms with Gasteiger partial charge in [-0.2, -0.15) is 0 Å². The third-order valence-corrected chi connectivity index (χ3v) is 5.99. The first kappa shape index (κ1) is 13.0. The van der Waals surface area contributed by atoms with Crippen molar-refractivity contribution in [3.8, 4) is 0 Å². The Kier molecular flexibility index (Phi) is 4.28. The molecule has 1 N–H and O–H groups in total. The van der Waals surface area contributed by atoms with Crippen molar-refractivity contribution in [3.05, 3.63) is 0 Å². The Hall–Kier alpha value is -0.0400. The molecule has 4 unspecified atom stereocenters.